The molecule has 0 aliphatic carbocycles. The molecule has 2 aromatic heterocycles. The van der Waals surface area contributed by atoms with Gasteiger partial charge in [-0.05, 0) is 77.7 Å². The number of fused-ring (bicyclic) bond motifs is 1. The first-order valence-electron chi connectivity index (χ1n) is 13.8. The second kappa shape index (κ2) is 11.5. The zero-order chi connectivity index (χ0) is 29.4. The van der Waals surface area contributed by atoms with Crippen LogP contribution in [0.15, 0.2) is 108 Å². The lowest BCUT2D eigenvalue weighted by molar-refractivity contribution is 0.841. The number of hydrogen-bond acceptors (Lipinski definition) is 3. The first-order valence-corrected chi connectivity index (χ1v) is 14.6. The second-order valence-corrected chi connectivity index (χ2v) is 11.4. The predicted molar refractivity (Wildman–Crippen MR) is 175 cm³/mol. The van der Waals surface area contributed by atoms with Crippen molar-refractivity contribution in [2.75, 3.05) is 5.32 Å². The quantitative estimate of drug-likeness (QED) is 0.202. The highest BCUT2D eigenvalue weighted by Crippen LogP contribution is 2.33. The maximum atomic E-state index is 12.9. The summed E-state index contributed by atoms with van der Waals surface area (Å²) < 4.78 is 3.83. The Morgan fingerprint density at radius 2 is 1.55 bits per heavy atom. The van der Waals surface area contributed by atoms with Crippen LogP contribution in [0.4, 0.5) is 5.82 Å². The van der Waals surface area contributed by atoms with Crippen LogP contribution in [0.2, 0.25) is 10.0 Å². The molecule has 0 aliphatic rings. The lowest BCUT2D eigenvalue weighted by atomic mass is 9.98. The van der Waals surface area contributed by atoms with E-state index in [0.29, 0.717) is 16.5 Å². The van der Waals surface area contributed by atoms with Crippen LogP contribution in [0.1, 0.15) is 29.8 Å². The Balaban J connectivity index is 1.46. The number of hydrogen-bond donors (Lipinski definition) is 1. The van der Waals surface area contributed by atoms with E-state index in [9.17, 15) is 4.79 Å². The Labute approximate surface area is 255 Å². The molecule has 0 amide bonds. The number of benzene rings is 4. The van der Waals surface area contributed by atoms with Gasteiger partial charge >= 0.3 is 0 Å². The molecule has 0 bridgehead atoms. The van der Waals surface area contributed by atoms with E-state index >= 15 is 0 Å². The highest BCUT2D eigenvalue weighted by atomic mass is 35.5. The van der Waals surface area contributed by atoms with E-state index < -0.39 is 0 Å². The molecule has 0 fully saturated rings. The van der Waals surface area contributed by atoms with Gasteiger partial charge in [-0.3, -0.25) is 4.79 Å². The molecule has 0 aliphatic heterocycles. The van der Waals surface area contributed by atoms with Crippen LogP contribution < -0.4 is 10.9 Å². The van der Waals surface area contributed by atoms with Crippen molar-refractivity contribution in [1.29, 1.82) is 0 Å². The predicted octanol–water partition coefficient (Wildman–Crippen LogP) is 8.68. The summed E-state index contributed by atoms with van der Waals surface area (Å²) >= 11 is 12.5. The summed E-state index contributed by atoms with van der Waals surface area (Å²) in [5.74, 6) is 1.68. The number of anilines is 1. The maximum Gasteiger partial charge on any atom is 0.251 e. The summed E-state index contributed by atoms with van der Waals surface area (Å²) in [5, 5.41) is 5.97. The third kappa shape index (κ3) is 5.46. The molecule has 6 rings (SSSR count). The van der Waals surface area contributed by atoms with Crippen molar-refractivity contribution in [1.82, 2.24) is 14.1 Å². The normalized spacial score (nSPS) is 12.0. The molecule has 1 atom stereocenters. The third-order valence-electron chi connectivity index (χ3n) is 7.79. The first kappa shape index (κ1) is 27.8. The minimum atomic E-state index is -0.0640. The summed E-state index contributed by atoms with van der Waals surface area (Å²) in [7, 11) is 3.85. The summed E-state index contributed by atoms with van der Waals surface area (Å²) in [6.07, 6.45) is 0.634. The lowest BCUT2D eigenvalue weighted by Gasteiger charge is -2.16. The van der Waals surface area contributed by atoms with Crippen molar-refractivity contribution in [3.8, 4) is 22.5 Å². The number of rotatable bonds is 7. The molecular formula is C35H30Cl2N4O. The number of imidazole rings is 1. The van der Waals surface area contributed by atoms with Gasteiger partial charge in [-0.1, -0.05) is 71.7 Å². The van der Waals surface area contributed by atoms with Gasteiger partial charge in [0.15, 0.2) is 0 Å². The number of nitrogens with one attached hydrogen (secondary N) is 1. The molecule has 0 radical (unpaired) electrons. The van der Waals surface area contributed by atoms with Gasteiger partial charge in [0.2, 0.25) is 0 Å². The summed E-state index contributed by atoms with van der Waals surface area (Å²) in [6, 6.07) is 33.8. The molecular weight excluding hydrogens is 563 g/mol. The molecule has 5 nitrogen and oxygen atoms in total. The Hall–Kier alpha value is -4.32. The number of aromatic nitrogens is 3. The molecule has 210 valence electrons. The lowest BCUT2D eigenvalue weighted by Crippen LogP contribution is -2.16. The number of nitrogens with zero attached hydrogens (tertiary/aromatic N) is 3. The number of aryl methyl sites for hydroxylation is 1. The summed E-state index contributed by atoms with van der Waals surface area (Å²) in [6.45, 7) is 2.14. The van der Waals surface area contributed by atoms with Gasteiger partial charge in [-0.25, -0.2) is 4.98 Å². The van der Waals surface area contributed by atoms with E-state index in [1.165, 1.54) is 5.56 Å². The second-order valence-electron chi connectivity index (χ2n) is 10.6. The monoisotopic (exact) mass is 592 g/mol. The van der Waals surface area contributed by atoms with E-state index in [4.69, 9.17) is 28.2 Å². The minimum absolute atomic E-state index is 0.0541. The van der Waals surface area contributed by atoms with Crippen molar-refractivity contribution >= 4 is 39.9 Å². The van der Waals surface area contributed by atoms with Gasteiger partial charge < -0.3 is 14.5 Å². The molecule has 1 N–H and O–H groups in total. The third-order valence-corrected chi connectivity index (χ3v) is 8.27. The minimum Gasteiger partial charge on any atom is -0.362 e. The standard InChI is InChI=1S/C35H30Cl2N4O/c1-22(24-8-5-4-6-9-24)38-34-32(41(3)35(39-34)25-13-15-27(36)16-14-25)19-23-12-17-31-30(18-23)29(21-33(42)40(31)2)26-10-7-11-28(37)20-26/h4-18,20-22,38H,19H2,1-3H3/t22-/m1/s1. The van der Waals surface area contributed by atoms with Crippen molar-refractivity contribution in [3.05, 3.63) is 140 Å². The smallest absolute Gasteiger partial charge is 0.251 e. The van der Waals surface area contributed by atoms with Gasteiger partial charge in [0.05, 0.1) is 17.3 Å². The first-order chi connectivity index (χ1) is 20.3. The highest BCUT2D eigenvalue weighted by Gasteiger charge is 2.20. The Bertz CT molecular complexity index is 1960. The largest absolute Gasteiger partial charge is 0.362 e. The van der Waals surface area contributed by atoms with Gasteiger partial charge in [-0.2, -0.15) is 0 Å². The van der Waals surface area contributed by atoms with Gasteiger partial charge in [0.25, 0.3) is 5.56 Å². The van der Waals surface area contributed by atoms with Crippen LogP contribution in [0.3, 0.4) is 0 Å². The van der Waals surface area contributed by atoms with Crippen LogP contribution in [0, 0.1) is 0 Å². The SMILES string of the molecule is C[C@@H](Nc1nc(-c2ccc(Cl)cc2)n(C)c1Cc1ccc2c(c1)c(-c1cccc(Cl)c1)cc(=O)n2C)c1ccccc1. The molecule has 0 unspecified atom stereocenters. The summed E-state index contributed by atoms with van der Waals surface area (Å²) in [5.41, 5.74) is 6.89. The van der Waals surface area contributed by atoms with Crippen LogP contribution in [-0.2, 0) is 20.5 Å². The van der Waals surface area contributed by atoms with Crippen molar-refractivity contribution in [2.24, 2.45) is 14.1 Å². The van der Waals surface area contributed by atoms with Crippen molar-refractivity contribution in [2.45, 2.75) is 19.4 Å². The van der Waals surface area contributed by atoms with Crippen LogP contribution >= 0.6 is 23.2 Å². The van der Waals surface area contributed by atoms with E-state index in [0.717, 1.165) is 50.5 Å². The zero-order valence-electron chi connectivity index (χ0n) is 23.6. The molecule has 4 aromatic carbocycles. The number of halogens is 2. The molecule has 6 aromatic rings. The fourth-order valence-electron chi connectivity index (χ4n) is 5.44. The average Bonchev–Trinajstić information content (AvgIpc) is 3.29. The van der Waals surface area contributed by atoms with Crippen molar-refractivity contribution in [3.63, 3.8) is 0 Å². The Kier molecular flexibility index (Phi) is 7.63. The van der Waals surface area contributed by atoms with Crippen LogP contribution in [0.25, 0.3) is 33.4 Å². The fourth-order valence-corrected chi connectivity index (χ4v) is 5.76. The van der Waals surface area contributed by atoms with Crippen LogP contribution in [-0.4, -0.2) is 14.1 Å². The summed E-state index contributed by atoms with van der Waals surface area (Å²) in [4.78, 5) is 17.9. The maximum absolute atomic E-state index is 12.9. The van der Waals surface area contributed by atoms with Crippen molar-refractivity contribution < 1.29 is 0 Å². The van der Waals surface area contributed by atoms with E-state index in [-0.39, 0.29) is 11.6 Å². The van der Waals surface area contributed by atoms with E-state index in [1.54, 1.807) is 17.7 Å². The fraction of sp³-hybridized carbons (Fsp3) is 0.143. The molecule has 0 saturated carbocycles. The molecule has 0 saturated heterocycles. The van der Waals surface area contributed by atoms with Gasteiger partial charge in [0.1, 0.15) is 11.6 Å². The van der Waals surface area contributed by atoms with Gasteiger partial charge in [-0.15, -0.1) is 0 Å². The van der Waals surface area contributed by atoms with E-state index in [1.807, 2.05) is 79.8 Å². The zero-order valence-corrected chi connectivity index (χ0v) is 25.1. The Morgan fingerprint density at radius 1 is 0.786 bits per heavy atom. The molecule has 42 heavy (non-hydrogen) atoms. The van der Waals surface area contributed by atoms with Gasteiger partial charge in [0, 0.05) is 47.6 Å². The average molecular weight is 594 g/mol. The van der Waals surface area contributed by atoms with Crippen LogP contribution in [0.5, 0.6) is 0 Å². The molecule has 7 heteroatoms. The Morgan fingerprint density at radius 3 is 2.29 bits per heavy atom. The highest BCUT2D eigenvalue weighted by molar-refractivity contribution is 6.31. The molecule has 2 heterocycles. The topological polar surface area (TPSA) is 51.9 Å². The molecule has 0 spiro atoms. The number of pyridine rings is 1. The van der Waals surface area contributed by atoms with E-state index in [2.05, 4.69) is 41.1 Å².